The van der Waals surface area contributed by atoms with Crippen molar-refractivity contribution >= 4 is 11.8 Å². The van der Waals surface area contributed by atoms with Crippen LogP contribution in [-0.4, -0.2) is 48.6 Å². The Morgan fingerprint density at radius 2 is 1.77 bits per heavy atom. The number of aryl methyl sites for hydroxylation is 2. The van der Waals surface area contributed by atoms with Crippen LogP contribution in [0.25, 0.3) is 0 Å². The molecule has 0 radical (unpaired) electrons. The SMILES string of the molecule is COc1ccc2cc1OCCCNC(=O)c1cc(ccc1O)Oc1ccc3c(c1)CCN(C(=O)c1c(C)cccc1C)C23. The molecule has 220 valence electrons. The number of hydrogen-bond acceptors (Lipinski definition) is 6. The van der Waals surface area contributed by atoms with E-state index >= 15 is 0 Å². The molecule has 4 aromatic carbocycles. The standard InChI is InChI=1S/C35H34N2O6/c1-21-6-4-7-22(2)32(21)35(40)37-16-14-23-18-25-9-11-27(23)33(37)24-8-13-30(41-3)31(19-24)42-17-5-15-36-34(39)28-20-26(43-25)10-12-29(28)38/h4,6-13,18-20,33,38H,5,14-17H2,1-3H3,(H,36,39). The molecule has 0 fully saturated rings. The fourth-order valence-electron chi connectivity index (χ4n) is 5.96. The van der Waals surface area contributed by atoms with Crippen molar-refractivity contribution in [3.8, 4) is 28.7 Å². The molecule has 43 heavy (non-hydrogen) atoms. The van der Waals surface area contributed by atoms with Gasteiger partial charge in [-0.2, -0.15) is 0 Å². The van der Waals surface area contributed by atoms with Gasteiger partial charge in [0.2, 0.25) is 0 Å². The predicted molar refractivity (Wildman–Crippen MR) is 163 cm³/mol. The van der Waals surface area contributed by atoms with Gasteiger partial charge in [0.05, 0.1) is 25.3 Å². The van der Waals surface area contributed by atoms with Crippen molar-refractivity contribution in [3.63, 3.8) is 0 Å². The Hall–Kier alpha value is -4.98. The molecule has 1 unspecified atom stereocenters. The first-order valence-corrected chi connectivity index (χ1v) is 14.4. The highest BCUT2D eigenvalue weighted by molar-refractivity contribution is 5.98. The monoisotopic (exact) mass is 578 g/mol. The average Bonchev–Trinajstić information content (AvgIpc) is 3.00. The van der Waals surface area contributed by atoms with Gasteiger partial charge >= 0.3 is 0 Å². The van der Waals surface area contributed by atoms with Crippen LogP contribution in [0.1, 0.15) is 61.0 Å². The number of hydrogen-bond donors (Lipinski definition) is 2. The maximum atomic E-state index is 14.2. The van der Waals surface area contributed by atoms with E-state index in [1.807, 2.05) is 73.3 Å². The Labute approximate surface area is 250 Å². The third kappa shape index (κ3) is 5.48. The molecule has 2 amide bonds. The second-order valence-corrected chi connectivity index (χ2v) is 10.9. The number of methoxy groups -OCH3 is 1. The summed E-state index contributed by atoms with van der Waals surface area (Å²) in [4.78, 5) is 29.0. The van der Waals surface area contributed by atoms with Gasteiger partial charge in [0.1, 0.15) is 17.2 Å². The lowest BCUT2D eigenvalue weighted by Gasteiger charge is -2.38. The number of phenols is 1. The van der Waals surface area contributed by atoms with Crippen LogP contribution >= 0.6 is 0 Å². The van der Waals surface area contributed by atoms with E-state index in [4.69, 9.17) is 14.2 Å². The molecule has 8 heteroatoms. The second kappa shape index (κ2) is 11.7. The van der Waals surface area contributed by atoms with Gasteiger partial charge < -0.3 is 29.5 Å². The number of carbonyl (C=O) groups is 2. The summed E-state index contributed by atoms with van der Waals surface area (Å²) < 4.78 is 17.9. The van der Waals surface area contributed by atoms with Gasteiger partial charge in [-0.05, 0) is 97.0 Å². The van der Waals surface area contributed by atoms with Gasteiger partial charge in [0, 0.05) is 18.7 Å². The summed E-state index contributed by atoms with van der Waals surface area (Å²) in [7, 11) is 1.59. The Morgan fingerprint density at radius 3 is 2.56 bits per heavy atom. The molecule has 4 aromatic rings. The topological polar surface area (TPSA) is 97.3 Å². The van der Waals surface area contributed by atoms with E-state index in [1.54, 1.807) is 13.2 Å². The maximum absolute atomic E-state index is 14.2. The maximum Gasteiger partial charge on any atom is 0.255 e. The molecule has 3 aliphatic rings. The van der Waals surface area contributed by atoms with Crippen molar-refractivity contribution in [2.75, 3.05) is 26.8 Å². The summed E-state index contributed by atoms with van der Waals surface area (Å²) in [6.45, 7) is 5.13. The minimum Gasteiger partial charge on any atom is -0.507 e. The molecule has 2 N–H and O–H groups in total. The molecule has 0 aliphatic carbocycles. The van der Waals surface area contributed by atoms with E-state index in [1.165, 1.54) is 12.1 Å². The van der Waals surface area contributed by atoms with E-state index in [0.29, 0.717) is 55.5 Å². The Balaban J connectivity index is 1.48. The van der Waals surface area contributed by atoms with Gasteiger partial charge in [0.15, 0.2) is 11.5 Å². The molecular formula is C35H34N2O6. The molecule has 0 saturated heterocycles. The molecular weight excluding hydrogens is 544 g/mol. The molecule has 1 atom stereocenters. The zero-order valence-electron chi connectivity index (χ0n) is 24.5. The number of nitrogens with zero attached hydrogens (tertiary/aromatic N) is 1. The van der Waals surface area contributed by atoms with Crippen LogP contribution in [-0.2, 0) is 6.42 Å². The number of carbonyl (C=O) groups excluding carboxylic acids is 2. The lowest BCUT2D eigenvalue weighted by Crippen LogP contribution is -2.41. The molecule has 0 spiro atoms. The number of benzene rings is 4. The summed E-state index contributed by atoms with van der Waals surface area (Å²) in [5, 5.41) is 13.2. The van der Waals surface area contributed by atoms with Crippen LogP contribution in [0.4, 0.5) is 0 Å². The molecule has 3 heterocycles. The van der Waals surface area contributed by atoms with E-state index < -0.39 is 5.91 Å². The number of fused-ring (bicyclic) bond motifs is 6. The van der Waals surface area contributed by atoms with Crippen LogP contribution in [0.3, 0.4) is 0 Å². The Morgan fingerprint density at radius 1 is 1.00 bits per heavy atom. The zero-order valence-corrected chi connectivity index (χ0v) is 24.5. The smallest absolute Gasteiger partial charge is 0.255 e. The summed E-state index contributed by atoms with van der Waals surface area (Å²) in [6.07, 6.45) is 1.17. The lowest BCUT2D eigenvalue weighted by molar-refractivity contribution is 0.0692. The van der Waals surface area contributed by atoms with Crippen LogP contribution in [0.5, 0.6) is 28.7 Å². The summed E-state index contributed by atoms with van der Waals surface area (Å²) >= 11 is 0. The van der Waals surface area contributed by atoms with Crippen molar-refractivity contribution in [3.05, 3.63) is 112 Å². The van der Waals surface area contributed by atoms with Gasteiger partial charge in [-0.25, -0.2) is 0 Å². The minimum absolute atomic E-state index is 0.0145. The first-order chi connectivity index (χ1) is 20.8. The first kappa shape index (κ1) is 28.2. The van der Waals surface area contributed by atoms with Crippen LogP contribution in [0, 0.1) is 13.8 Å². The highest BCUT2D eigenvalue weighted by Crippen LogP contribution is 2.41. The highest BCUT2D eigenvalue weighted by atomic mass is 16.5. The molecule has 8 bridgehead atoms. The van der Waals surface area contributed by atoms with Crippen molar-refractivity contribution < 1.29 is 28.9 Å². The van der Waals surface area contributed by atoms with Crippen molar-refractivity contribution in [1.29, 1.82) is 0 Å². The lowest BCUT2D eigenvalue weighted by atomic mass is 9.86. The first-order valence-electron chi connectivity index (χ1n) is 14.4. The minimum atomic E-state index is -0.398. The number of rotatable bonds is 2. The normalized spacial score (nSPS) is 16.3. The van der Waals surface area contributed by atoms with Crippen LogP contribution < -0.4 is 19.5 Å². The van der Waals surface area contributed by atoms with Gasteiger partial charge in [-0.1, -0.05) is 30.3 Å². The molecule has 0 saturated carbocycles. The number of aromatic hydroxyl groups is 1. The average molecular weight is 579 g/mol. The number of phenolic OH excluding ortho intramolecular Hbond substituents is 1. The third-order valence-corrected chi connectivity index (χ3v) is 8.11. The fraction of sp³-hybridized carbons (Fsp3) is 0.257. The highest BCUT2D eigenvalue weighted by Gasteiger charge is 2.34. The predicted octanol–water partition coefficient (Wildman–Crippen LogP) is 6.11. The fourth-order valence-corrected chi connectivity index (χ4v) is 5.96. The quantitative estimate of drug-likeness (QED) is 0.298. The van der Waals surface area contributed by atoms with Gasteiger partial charge in [-0.15, -0.1) is 0 Å². The summed E-state index contributed by atoms with van der Waals surface area (Å²) in [5.41, 5.74) is 5.71. The van der Waals surface area contributed by atoms with Crippen molar-refractivity contribution in [1.82, 2.24) is 10.2 Å². The van der Waals surface area contributed by atoms with Gasteiger partial charge in [0.25, 0.3) is 11.8 Å². The summed E-state index contributed by atoms with van der Waals surface area (Å²) in [6, 6.07) is 21.8. The van der Waals surface area contributed by atoms with E-state index in [-0.39, 0.29) is 23.3 Å². The molecule has 3 aliphatic heterocycles. The molecule has 8 nitrogen and oxygen atoms in total. The number of nitrogens with one attached hydrogen (secondary N) is 1. The number of ether oxygens (including phenoxy) is 3. The van der Waals surface area contributed by atoms with Gasteiger partial charge in [-0.3, -0.25) is 9.59 Å². The summed E-state index contributed by atoms with van der Waals surface area (Å²) in [5.74, 6) is 1.64. The van der Waals surface area contributed by atoms with Crippen molar-refractivity contribution in [2.45, 2.75) is 32.7 Å². The van der Waals surface area contributed by atoms with E-state index in [2.05, 4.69) is 5.32 Å². The zero-order chi connectivity index (χ0) is 30.1. The van der Waals surface area contributed by atoms with Crippen LogP contribution in [0.15, 0.2) is 72.8 Å². The Bertz CT molecular complexity index is 1690. The molecule has 7 rings (SSSR count). The van der Waals surface area contributed by atoms with E-state index in [0.717, 1.165) is 33.4 Å². The Kier molecular flexibility index (Phi) is 7.67. The van der Waals surface area contributed by atoms with Crippen molar-refractivity contribution in [2.24, 2.45) is 0 Å². The van der Waals surface area contributed by atoms with E-state index in [9.17, 15) is 14.7 Å². The largest absolute Gasteiger partial charge is 0.507 e. The van der Waals surface area contributed by atoms with Crippen LogP contribution in [0.2, 0.25) is 0 Å². The second-order valence-electron chi connectivity index (χ2n) is 10.9. The number of amides is 2. The molecule has 0 aromatic heterocycles. The third-order valence-electron chi connectivity index (χ3n) is 8.11.